The Morgan fingerprint density at radius 1 is 1.19 bits per heavy atom. The smallest absolute Gasteiger partial charge is 0.343 e. The molecule has 0 radical (unpaired) electrons. The number of furan rings is 1. The SMILES string of the molecule is CCOC(=O)c1cc(-c2ccc(Br)cc2)oc1NC(=O)[C@H]1CC[C@H](C)CC1. The fourth-order valence-electron chi connectivity index (χ4n) is 3.34. The molecule has 1 fully saturated rings. The molecule has 1 aromatic carbocycles. The summed E-state index contributed by atoms with van der Waals surface area (Å²) in [6, 6.07) is 9.17. The topological polar surface area (TPSA) is 68.5 Å². The van der Waals surface area contributed by atoms with Gasteiger partial charge in [-0.15, -0.1) is 0 Å². The molecule has 5 nitrogen and oxygen atoms in total. The number of carbonyl (C=O) groups is 2. The van der Waals surface area contributed by atoms with Gasteiger partial charge in [0, 0.05) is 22.0 Å². The highest BCUT2D eigenvalue weighted by Crippen LogP contribution is 2.33. The summed E-state index contributed by atoms with van der Waals surface area (Å²) < 4.78 is 11.9. The van der Waals surface area contributed by atoms with Crippen molar-refractivity contribution >= 4 is 33.7 Å². The van der Waals surface area contributed by atoms with Crippen molar-refractivity contribution in [2.75, 3.05) is 11.9 Å². The maximum absolute atomic E-state index is 12.7. The minimum atomic E-state index is -0.503. The van der Waals surface area contributed by atoms with Gasteiger partial charge in [0.15, 0.2) is 0 Å². The highest BCUT2D eigenvalue weighted by molar-refractivity contribution is 9.10. The van der Waals surface area contributed by atoms with Crippen molar-refractivity contribution < 1.29 is 18.7 Å². The van der Waals surface area contributed by atoms with Crippen molar-refractivity contribution in [3.05, 3.63) is 40.4 Å². The first-order valence-electron chi connectivity index (χ1n) is 9.35. The number of anilines is 1. The van der Waals surface area contributed by atoms with Crippen molar-refractivity contribution in [2.45, 2.75) is 39.5 Å². The van der Waals surface area contributed by atoms with Crippen LogP contribution < -0.4 is 5.32 Å². The zero-order valence-electron chi connectivity index (χ0n) is 15.6. The van der Waals surface area contributed by atoms with E-state index in [-0.39, 0.29) is 29.9 Å². The van der Waals surface area contributed by atoms with E-state index in [1.54, 1.807) is 13.0 Å². The molecule has 27 heavy (non-hydrogen) atoms. The number of halogens is 1. The molecule has 0 unspecified atom stereocenters. The van der Waals surface area contributed by atoms with Crippen LogP contribution in [0.2, 0.25) is 0 Å². The third kappa shape index (κ3) is 4.80. The third-order valence-electron chi connectivity index (χ3n) is 4.98. The fraction of sp³-hybridized carbons (Fsp3) is 0.429. The Balaban J connectivity index is 1.84. The quantitative estimate of drug-likeness (QED) is 0.618. The van der Waals surface area contributed by atoms with Gasteiger partial charge in [0.25, 0.3) is 0 Å². The van der Waals surface area contributed by atoms with Crippen molar-refractivity contribution in [1.82, 2.24) is 0 Å². The Morgan fingerprint density at radius 2 is 1.85 bits per heavy atom. The van der Waals surface area contributed by atoms with Crippen LogP contribution in [0.1, 0.15) is 49.9 Å². The van der Waals surface area contributed by atoms with E-state index in [0.29, 0.717) is 11.7 Å². The Kier molecular flexibility index (Phi) is 6.37. The molecule has 1 amide bonds. The van der Waals surface area contributed by atoms with Gasteiger partial charge in [-0.3, -0.25) is 10.1 Å². The second-order valence-corrected chi connectivity index (χ2v) is 7.94. The number of benzene rings is 1. The molecule has 1 aliphatic rings. The molecule has 0 bridgehead atoms. The van der Waals surface area contributed by atoms with Gasteiger partial charge in [0.1, 0.15) is 11.3 Å². The van der Waals surface area contributed by atoms with Gasteiger partial charge in [-0.2, -0.15) is 0 Å². The molecular formula is C21H24BrNO4. The molecule has 0 atom stereocenters. The first-order valence-corrected chi connectivity index (χ1v) is 10.1. The van der Waals surface area contributed by atoms with Crippen molar-refractivity contribution in [3.8, 4) is 11.3 Å². The number of hydrogen-bond donors (Lipinski definition) is 1. The summed E-state index contributed by atoms with van der Waals surface area (Å²) in [7, 11) is 0. The second kappa shape index (κ2) is 8.74. The van der Waals surface area contributed by atoms with E-state index in [2.05, 4.69) is 28.2 Å². The normalized spacial score (nSPS) is 19.5. The molecule has 144 valence electrons. The van der Waals surface area contributed by atoms with E-state index in [0.717, 1.165) is 35.7 Å². The first kappa shape index (κ1) is 19.7. The third-order valence-corrected chi connectivity index (χ3v) is 5.51. The number of nitrogens with one attached hydrogen (secondary N) is 1. The van der Waals surface area contributed by atoms with Crippen molar-refractivity contribution in [3.63, 3.8) is 0 Å². The molecule has 1 heterocycles. The van der Waals surface area contributed by atoms with E-state index in [9.17, 15) is 9.59 Å². The summed E-state index contributed by atoms with van der Waals surface area (Å²) in [6.07, 6.45) is 3.82. The van der Waals surface area contributed by atoms with Crippen molar-refractivity contribution in [1.29, 1.82) is 0 Å². The summed E-state index contributed by atoms with van der Waals surface area (Å²) >= 11 is 3.40. The summed E-state index contributed by atoms with van der Waals surface area (Å²) in [5.74, 6) is 0.698. The molecule has 3 rings (SSSR count). The van der Waals surface area contributed by atoms with Gasteiger partial charge in [-0.25, -0.2) is 4.79 Å². The monoisotopic (exact) mass is 433 g/mol. The van der Waals surface area contributed by atoms with E-state index >= 15 is 0 Å². The first-order chi connectivity index (χ1) is 13.0. The zero-order valence-corrected chi connectivity index (χ0v) is 17.2. The van der Waals surface area contributed by atoms with Gasteiger partial charge < -0.3 is 9.15 Å². The van der Waals surface area contributed by atoms with Crippen LogP contribution in [0.3, 0.4) is 0 Å². The summed E-state index contributed by atoms with van der Waals surface area (Å²) in [5, 5.41) is 2.82. The highest BCUT2D eigenvalue weighted by atomic mass is 79.9. The van der Waals surface area contributed by atoms with E-state index in [1.807, 2.05) is 24.3 Å². The number of esters is 1. The average molecular weight is 434 g/mol. The van der Waals surface area contributed by atoms with Gasteiger partial charge in [-0.05, 0) is 50.7 Å². The Bertz CT molecular complexity index is 804. The van der Waals surface area contributed by atoms with Gasteiger partial charge in [0.2, 0.25) is 11.8 Å². The minimum Gasteiger partial charge on any atom is -0.462 e. The zero-order chi connectivity index (χ0) is 19.4. The Hall–Kier alpha value is -2.08. The molecule has 0 saturated heterocycles. The van der Waals surface area contributed by atoms with Crippen LogP contribution in [0.4, 0.5) is 5.88 Å². The fourth-order valence-corrected chi connectivity index (χ4v) is 3.60. The van der Waals surface area contributed by atoms with Crippen LogP contribution in [0.15, 0.2) is 39.2 Å². The molecule has 0 aliphatic heterocycles. The lowest BCUT2D eigenvalue weighted by Crippen LogP contribution is -2.27. The lowest BCUT2D eigenvalue weighted by Gasteiger charge is -2.24. The van der Waals surface area contributed by atoms with Crippen LogP contribution in [0.5, 0.6) is 0 Å². The van der Waals surface area contributed by atoms with Crippen LogP contribution in [-0.2, 0) is 9.53 Å². The standard InChI is InChI=1S/C21H24BrNO4/c1-3-26-21(25)17-12-18(14-8-10-16(22)11-9-14)27-20(17)23-19(24)15-6-4-13(2)5-7-15/h8-13,15H,3-7H2,1-2H3,(H,23,24)/t13-,15-. The van der Waals surface area contributed by atoms with Gasteiger partial charge in [-0.1, -0.05) is 35.0 Å². The maximum atomic E-state index is 12.7. The average Bonchev–Trinajstić information content (AvgIpc) is 3.07. The minimum absolute atomic E-state index is 0.0440. The molecule has 1 saturated carbocycles. The highest BCUT2D eigenvalue weighted by Gasteiger charge is 2.27. The lowest BCUT2D eigenvalue weighted by molar-refractivity contribution is -0.121. The molecule has 1 aliphatic carbocycles. The predicted molar refractivity (Wildman–Crippen MR) is 108 cm³/mol. The van der Waals surface area contributed by atoms with E-state index in [4.69, 9.17) is 9.15 Å². The van der Waals surface area contributed by atoms with E-state index in [1.165, 1.54) is 0 Å². The molecule has 1 N–H and O–H groups in total. The van der Waals surface area contributed by atoms with Crippen molar-refractivity contribution in [2.24, 2.45) is 11.8 Å². The summed E-state index contributed by atoms with van der Waals surface area (Å²) in [4.78, 5) is 25.0. The summed E-state index contributed by atoms with van der Waals surface area (Å²) in [5.41, 5.74) is 1.06. The number of carbonyl (C=O) groups excluding carboxylic acids is 2. The molecule has 0 spiro atoms. The Labute approximate surface area is 167 Å². The van der Waals surface area contributed by atoms with Crippen LogP contribution >= 0.6 is 15.9 Å². The maximum Gasteiger partial charge on any atom is 0.343 e. The van der Waals surface area contributed by atoms with Crippen LogP contribution in [0, 0.1) is 11.8 Å². The molecule has 1 aromatic heterocycles. The largest absolute Gasteiger partial charge is 0.462 e. The second-order valence-electron chi connectivity index (χ2n) is 7.03. The molecule has 2 aromatic rings. The molecule has 6 heteroatoms. The molecular weight excluding hydrogens is 410 g/mol. The number of amides is 1. The van der Waals surface area contributed by atoms with E-state index < -0.39 is 5.97 Å². The van der Waals surface area contributed by atoms with Gasteiger partial charge >= 0.3 is 5.97 Å². The Morgan fingerprint density at radius 3 is 2.48 bits per heavy atom. The number of rotatable bonds is 5. The van der Waals surface area contributed by atoms with Crippen LogP contribution in [-0.4, -0.2) is 18.5 Å². The summed E-state index contributed by atoms with van der Waals surface area (Å²) in [6.45, 7) is 4.21. The van der Waals surface area contributed by atoms with Gasteiger partial charge in [0.05, 0.1) is 6.61 Å². The van der Waals surface area contributed by atoms with Crippen LogP contribution in [0.25, 0.3) is 11.3 Å². The lowest BCUT2D eigenvalue weighted by atomic mass is 9.82. The predicted octanol–water partition coefficient (Wildman–Crippen LogP) is 5.65. The number of ether oxygens (including phenoxy) is 1. The number of hydrogen-bond acceptors (Lipinski definition) is 4.